The molecule has 0 aromatic heterocycles. The van der Waals surface area contributed by atoms with Crippen molar-refractivity contribution in [3.05, 3.63) is 64.2 Å². The zero-order valence-corrected chi connectivity index (χ0v) is 11.7. The quantitative estimate of drug-likeness (QED) is 0.785. The topological polar surface area (TPSA) is 26.3 Å². The molecule has 0 aliphatic heterocycles. The summed E-state index contributed by atoms with van der Waals surface area (Å²) in [5.41, 5.74) is 2.55. The second-order valence-corrected chi connectivity index (χ2v) is 4.85. The molecule has 0 amide bonds. The first-order valence-electron chi connectivity index (χ1n) is 6.02. The number of carbonyl (C=O) groups is 1. The summed E-state index contributed by atoms with van der Waals surface area (Å²) in [7, 11) is 1.61. The highest BCUT2D eigenvalue weighted by molar-refractivity contribution is 6.31. The van der Waals surface area contributed by atoms with Crippen LogP contribution in [0.2, 0.25) is 5.02 Å². The number of Topliss-reactive ketones (excluding diaryl/α,β-unsaturated/α-hetero) is 1. The predicted octanol–water partition coefficient (Wildman–Crippen LogP) is 4.08. The molecule has 0 fully saturated rings. The number of rotatable bonds is 4. The third kappa shape index (κ3) is 3.36. The van der Waals surface area contributed by atoms with E-state index in [1.807, 2.05) is 37.3 Å². The van der Waals surface area contributed by atoms with Gasteiger partial charge in [0, 0.05) is 17.0 Å². The van der Waals surface area contributed by atoms with Crippen molar-refractivity contribution in [1.29, 1.82) is 0 Å². The maximum Gasteiger partial charge on any atom is 0.167 e. The molecule has 0 N–H and O–H groups in total. The maximum atomic E-state index is 12.3. The summed E-state index contributed by atoms with van der Waals surface area (Å²) in [6, 6.07) is 12.9. The molecule has 0 spiro atoms. The van der Waals surface area contributed by atoms with Crippen LogP contribution in [-0.4, -0.2) is 12.9 Å². The molecule has 0 aliphatic rings. The highest BCUT2D eigenvalue weighted by Gasteiger charge is 2.11. The molecule has 0 saturated carbocycles. The summed E-state index contributed by atoms with van der Waals surface area (Å²) in [5, 5.41) is 0.583. The lowest BCUT2D eigenvalue weighted by atomic mass is 9.99. The lowest BCUT2D eigenvalue weighted by Gasteiger charge is -2.07. The average Bonchev–Trinajstić information content (AvgIpc) is 2.41. The number of benzene rings is 2. The van der Waals surface area contributed by atoms with E-state index < -0.39 is 0 Å². The average molecular weight is 275 g/mol. The molecule has 0 aliphatic carbocycles. The molecule has 0 radical (unpaired) electrons. The Morgan fingerprint density at radius 3 is 2.74 bits per heavy atom. The summed E-state index contributed by atoms with van der Waals surface area (Å²) in [6.07, 6.45) is 0.346. The summed E-state index contributed by atoms with van der Waals surface area (Å²) in [6.45, 7) is 1.91. The van der Waals surface area contributed by atoms with Crippen molar-refractivity contribution < 1.29 is 9.53 Å². The number of carbonyl (C=O) groups excluding carboxylic acids is 1. The zero-order chi connectivity index (χ0) is 13.8. The molecule has 3 heteroatoms. The van der Waals surface area contributed by atoms with Gasteiger partial charge < -0.3 is 4.74 Å². The van der Waals surface area contributed by atoms with Crippen LogP contribution in [-0.2, 0) is 6.42 Å². The third-order valence-corrected chi connectivity index (χ3v) is 3.23. The molecule has 2 rings (SSSR count). The fraction of sp³-hybridized carbons (Fsp3) is 0.188. The highest BCUT2D eigenvalue weighted by atomic mass is 35.5. The van der Waals surface area contributed by atoms with E-state index in [-0.39, 0.29) is 5.78 Å². The van der Waals surface area contributed by atoms with Crippen LogP contribution in [0.25, 0.3) is 0 Å². The van der Waals surface area contributed by atoms with Gasteiger partial charge in [-0.1, -0.05) is 29.8 Å². The first-order valence-corrected chi connectivity index (χ1v) is 6.40. The van der Waals surface area contributed by atoms with Gasteiger partial charge >= 0.3 is 0 Å². The SMILES string of the molecule is COc1cccc(CC(=O)c2cc(Cl)ccc2C)c1. The predicted molar refractivity (Wildman–Crippen MR) is 77.2 cm³/mol. The second-order valence-electron chi connectivity index (χ2n) is 4.41. The van der Waals surface area contributed by atoms with Crippen LogP contribution < -0.4 is 4.74 Å². The van der Waals surface area contributed by atoms with Crippen LogP contribution in [0, 0.1) is 6.92 Å². The Bertz CT molecular complexity index is 605. The molecule has 0 unspecified atom stereocenters. The van der Waals surface area contributed by atoms with E-state index in [1.165, 1.54) is 0 Å². The van der Waals surface area contributed by atoms with Gasteiger partial charge in [0.05, 0.1) is 7.11 Å². The van der Waals surface area contributed by atoms with E-state index in [0.717, 1.165) is 16.9 Å². The van der Waals surface area contributed by atoms with Gasteiger partial charge in [-0.2, -0.15) is 0 Å². The van der Waals surface area contributed by atoms with E-state index in [2.05, 4.69) is 0 Å². The van der Waals surface area contributed by atoms with E-state index in [1.54, 1.807) is 19.2 Å². The highest BCUT2D eigenvalue weighted by Crippen LogP contribution is 2.19. The van der Waals surface area contributed by atoms with Crippen molar-refractivity contribution in [2.45, 2.75) is 13.3 Å². The largest absolute Gasteiger partial charge is 0.497 e. The maximum absolute atomic E-state index is 12.3. The fourth-order valence-electron chi connectivity index (χ4n) is 1.96. The Balaban J connectivity index is 2.23. The minimum absolute atomic E-state index is 0.0632. The Kier molecular flexibility index (Phi) is 4.23. The molecule has 2 aromatic carbocycles. The Hall–Kier alpha value is -1.80. The smallest absolute Gasteiger partial charge is 0.167 e. The second kappa shape index (κ2) is 5.89. The van der Waals surface area contributed by atoms with Gasteiger partial charge in [-0.3, -0.25) is 4.79 Å². The minimum atomic E-state index is 0.0632. The van der Waals surface area contributed by atoms with E-state index in [0.29, 0.717) is 17.0 Å². The van der Waals surface area contributed by atoms with E-state index >= 15 is 0 Å². The van der Waals surface area contributed by atoms with Crippen LogP contribution in [0.3, 0.4) is 0 Å². The van der Waals surface area contributed by atoms with Crippen LogP contribution >= 0.6 is 11.6 Å². The van der Waals surface area contributed by atoms with Gasteiger partial charge in [-0.25, -0.2) is 0 Å². The summed E-state index contributed by atoms with van der Waals surface area (Å²) >= 11 is 5.94. The van der Waals surface area contributed by atoms with Crippen molar-refractivity contribution in [1.82, 2.24) is 0 Å². The summed E-state index contributed by atoms with van der Waals surface area (Å²) in [5.74, 6) is 0.821. The molecular formula is C16H15ClO2. The minimum Gasteiger partial charge on any atom is -0.497 e. The normalized spacial score (nSPS) is 10.3. The molecule has 0 heterocycles. The summed E-state index contributed by atoms with van der Waals surface area (Å²) < 4.78 is 5.15. The van der Waals surface area contributed by atoms with Crippen molar-refractivity contribution in [3.63, 3.8) is 0 Å². The van der Waals surface area contributed by atoms with Gasteiger partial charge in [0.25, 0.3) is 0 Å². The lowest BCUT2D eigenvalue weighted by Crippen LogP contribution is -2.05. The fourth-order valence-corrected chi connectivity index (χ4v) is 2.13. The number of halogens is 1. The molecule has 0 bridgehead atoms. The Morgan fingerprint density at radius 1 is 1.21 bits per heavy atom. The van der Waals surface area contributed by atoms with Gasteiger partial charge in [0.15, 0.2) is 5.78 Å². The molecular weight excluding hydrogens is 260 g/mol. The number of ketones is 1. The van der Waals surface area contributed by atoms with Crippen LogP contribution in [0.15, 0.2) is 42.5 Å². The van der Waals surface area contributed by atoms with E-state index in [4.69, 9.17) is 16.3 Å². The van der Waals surface area contributed by atoms with Gasteiger partial charge in [0.2, 0.25) is 0 Å². The number of methoxy groups -OCH3 is 1. The number of ether oxygens (including phenoxy) is 1. The molecule has 19 heavy (non-hydrogen) atoms. The third-order valence-electron chi connectivity index (χ3n) is 3.00. The van der Waals surface area contributed by atoms with E-state index in [9.17, 15) is 4.79 Å². The van der Waals surface area contributed by atoms with Crippen LogP contribution in [0.1, 0.15) is 21.5 Å². The standard InChI is InChI=1S/C16H15ClO2/c1-11-6-7-13(17)10-15(11)16(18)9-12-4-3-5-14(8-12)19-2/h3-8,10H,9H2,1-2H3. The van der Waals surface area contributed by atoms with Crippen molar-refractivity contribution in [2.75, 3.05) is 7.11 Å². The summed E-state index contributed by atoms with van der Waals surface area (Å²) in [4.78, 5) is 12.3. The van der Waals surface area contributed by atoms with Gasteiger partial charge in [-0.15, -0.1) is 0 Å². The van der Waals surface area contributed by atoms with Crippen LogP contribution in [0.5, 0.6) is 5.75 Å². The molecule has 0 atom stereocenters. The zero-order valence-electron chi connectivity index (χ0n) is 10.9. The Labute approximate surface area is 118 Å². The first kappa shape index (κ1) is 13.6. The number of hydrogen-bond donors (Lipinski definition) is 0. The van der Waals surface area contributed by atoms with Crippen molar-refractivity contribution in [2.24, 2.45) is 0 Å². The lowest BCUT2D eigenvalue weighted by molar-refractivity contribution is 0.0992. The molecule has 98 valence electrons. The number of hydrogen-bond acceptors (Lipinski definition) is 2. The molecule has 2 nitrogen and oxygen atoms in total. The monoisotopic (exact) mass is 274 g/mol. The first-order chi connectivity index (χ1) is 9.10. The van der Waals surface area contributed by atoms with Gasteiger partial charge in [0.1, 0.15) is 5.75 Å². The van der Waals surface area contributed by atoms with Crippen molar-refractivity contribution >= 4 is 17.4 Å². The number of aryl methyl sites for hydroxylation is 1. The Morgan fingerprint density at radius 2 is 2.00 bits per heavy atom. The molecule has 0 saturated heterocycles. The van der Waals surface area contributed by atoms with Crippen LogP contribution in [0.4, 0.5) is 0 Å². The molecule has 2 aromatic rings. The van der Waals surface area contributed by atoms with Gasteiger partial charge in [-0.05, 0) is 42.3 Å². The van der Waals surface area contributed by atoms with Crippen molar-refractivity contribution in [3.8, 4) is 5.75 Å².